The van der Waals surface area contributed by atoms with Crippen LogP contribution in [0.15, 0.2) is 6.07 Å². The molecule has 25 heavy (non-hydrogen) atoms. The van der Waals surface area contributed by atoms with E-state index in [0.29, 0.717) is 12.0 Å². The fourth-order valence-electron chi connectivity index (χ4n) is 2.73. The van der Waals surface area contributed by atoms with Crippen LogP contribution in [0.3, 0.4) is 0 Å². The van der Waals surface area contributed by atoms with E-state index in [1.165, 1.54) is 6.07 Å². The highest BCUT2D eigenvalue weighted by molar-refractivity contribution is 7.85. The topological polar surface area (TPSA) is 95.7 Å². The monoisotopic (exact) mass is 379 g/mol. The molecule has 0 spiro atoms. The van der Waals surface area contributed by atoms with E-state index in [0.717, 1.165) is 29.1 Å². The number of alkyl halides is 2. The van der Waals surface area contributed by atoms with Gasteiger partial charge in [0.25, 0.3) is 5.91 Å². The zero-order valence-electron chi connectivity index (χ0n) is 13.4. The van der Waals surface area contributed by atoms with Gasteiger partial charge in [-0.2, -0.15) is 0 Å². The minimum Gasteiger partial charge on any atom is -0.506 e. The molecule has 0 bridgehead atoms. The number of amides is 1. The number of hydrogen-bond donors (Lipinski definition) is 3. The number of carbonyl (C=O) groups excluding carboxylic acids is 1. The highest BCUT2D eigenvalue weighted by atomic mass is 32.2. The molecule has 1 aliphatic heterocycles. The van der Waals surface area contributed by atoms with Crippen molar-refractivity contribution in [1.82, 2.24) is 4.72 Å². The third-order valence-electron chi connectivity index (χ3n) is 3.86. The minimum absolute atomic E-state index is 0.0810. The van der Waals surface area contributed by atoms with Gasteiger partial charge in [0.05, 0.1) is 0 Å². The Labute approximate surface area is 145 Å². The lowest BCUT2D eigenvalue weighted by atomic mass is 9.90. The van der Waals surface area contributed by atoms with Gasteiger partial charge in [0, 0.05) is 6.42 Å². The van der Waals surface area contributed by atoms with Crippen molar-refractivity contribution in [3.63, 3.8) is 0 Å². The molecule has 1 fully saturated rings. The average Bonchev–Trinajstić information content (AvgIpc) is 2.86. The summed E-state index contributed by atoms with van der Waals surface area (Å²) in [7, 11) is 0. The second-order valence-electron chi connectivity index (χ2n) is 5.68. The van der Waals surface area contributed by atoms with Gasteiger partial charge in [-0.05, 0) is 49.4 Å². The number of phenolic OH excluding ortho intramolecular Hbond substituents is 1. The maximum atomic E-state index is 14.5. The Morgan fingerprint density at radius 3 is 2.56 bits per heavy atom. The summed E-state index contributed by atoms with van der Waals surface area (Å²) in [4.78, 5) is 11.2. The quantitative estimate of drug-likeness (QED) is 0.742. The molecule has 0 saturated carbocycles. The third kappa shape index (κ3) is 4.63. The molecule has 1 saturated heterocycles. The van der Waals surface area contributed by atoms with Gasteiger partial charge in [0.2, 0.25) is 17.6 Å². The number of anilines is 1. The van der Waals surface area contributed by atoms with Gasteiger partial charge in [0.15, 0.2) is 5.82 Å². The largest absolute Gasteiger partial charge is 0.506 e. The van der Waals surface area contributed by atoms with Gasteiger partial charge in [-0.15, -0.1) is 0 Å². The molecule has 3 rings (SSSR count). The Kier molecular flexibility index (Phi) is 6.65. The van der Waals surface area contributed by atoms with Gasteiger partial charge in [-0.25, -0.2) is 17.4 Å². The smallest absolute Gasteiger partial charge is 0.253 e. The molecule has 140 valence electrons. The second-order valence-corrected chi connectivity index (χ2v) is 6.83. The molecular formula is C15H20F3N3O3S. The molecule has 1 unspecified atom stereocenters. The van der Waals surface area contributed by atoms with Crippen LogP contribution in [-0.2, 0) is 28.8 Å². The molecular weight excluding hydrogens is 359 g/mol. The number of fused-ring (bicyclic) bond motifs is 1. The number of halogens is 3. The number of nitrogens with zero attached hydrogens (tertiary/aromatic N) is 1. The molecule has 0 aromatic heterocycles. The molecule has 4 N–H and O–H groups in total. The molecule has 1 heterocycles. The average molecular weight is 379 g/mol. The standard InChI is InChI=1S/C12H13FN2O3S.C3H7F2N/c13-11-8-4-2-1-3-7(8)5-9(16)12(11)15-6-10(17)14-19(15)18;4-3(5)1-2-6/h5,16H,1-4,6H2,(H,14,17);3H,1-2,6H2. The number of hydrogen-bond acceptors (Lipinski definition) is 4. The molecule has 0 radical (unpaired) electrons. The van der Waals surface area contributed by atoms with E-state index in [4.69, 9.17) is 5.73 Å². The highest BCUT2D eigenvalue weighted by Crippen LogP contribution is 2.38. The van der Waals surface area contributed by atoms with Crippen molar-refractivity contribution in [2.75, 3.05) is 17.4 Å². The molecule has 2 aliphatic rings. The lowest BCUT2D eigenvalue weighted by Crippen LogP contribution is -2.24. The maximum Gasteiger partial charge on any atom is 0.253 e. The Morgan fingerprint density at radius 1 is 1.36 bits per heavy atom. The fourth-order valence-corrected chi connectivity index (χ4v) is 3.67. The zero-order valence-corrected chi connectivity index (χ0v) is 14.3. The van der Waals surface area contributed by atoms with Gasteiger partial charge in [0.1, 0.15) is 18.0 Å². The van der Waals surface area contributed by atoms with Crippen molar-refractivity contribution in [2.45, 2.75) is 38.5 Å². The summed E-state index contributed by atoms with van der Waals surface area (Å²) in [5.41, 5.74) is 5.97. The first-order valence-electron chi connectivity index (χ1n) is 7.85. The van der Waals surface area contributed by atoms with Crippen molar-refractivity contribution in [3.05, 3.63) is 23.0 Å². The number of rotatable bonds is 3. The van der Waals surface area contributed by atoms with E-state index in [-0.39, 0.29) is 30.9 Å². The fraction of sp³-hybridized carbons (Fsp3) is 0.533. The van der Waals surface area contributed by atoms with Crippen molar-refractivity contribution >= 4 is 22.8 Å². The predicted molar refractivity (Wildman–Crippen MR) is 88.0 cm³/mol. The molecule has 1 aliphatic carbocycles. The summed E-state index contributed by atoms with van der Waals surface area (Å²) in [6, 6.07) is 1.52. The summed E-state index contributed by atoms with van der Waals surface area (Å²) in [6.07, 6.45) is 0.807. The van der Waals surface area contributed by atoms with Crippen molar-refractivity contribution < 1.29 is 27.3 Å². The molecule has 10 heteroatoms. The number of benzene rings is 1. The summed E-state index contributed by atoms with van der Waals surface area (Å²) >= 11 is -1.83. The van der Waals surface area contributed by atoms with Crippen molar-refractivity contribution in [1.29, 1.82) is 0 Å². The molecule has 1 aromatic carbocycles. The predicted octanol–water partition coefficient (Wildman–Crippen LogP) is 1.53. The van der Waals surface area contributed by atoms with E-state index in [2.05, 4.69) is 4.72 Å². The van der Waals surface area contributed by atoms with Gasteiger partial charge >= 0.3 is 0 Å². The first-order valence-corrected chi connectivity index (χ1v) is 8.96. The number of nitrogens with one attached hydrogen (secondary N) is 1. The third-order valence-corrected chi connectivity index (χ3v) is 4.97. The molecule has 6 nitrogen and oxygen atoms in total. The van der Waals surface area contributed by atoms with E-state index >= 15 is 0 Å². The maximum absolute atomic E-state index is 14.5. The number of aromatic hydroxyl groups is 1. The van der Waals surface area contributed by atoms with Crippen LogP contribution in [0.25, 0.3) is 0 Å². The summed E-state index contributed by atoms with van der Waals surface area (Å²) in [5.74, 6) is -1.27. The molecule has 1 atom stereocenters. The SMILES string of the molecule is NCCC(F)F.O=C1CN(c2c(O)cc3c(c2F)CCCC3)S(=O)N1. The van der Waals surface area contributed by atoms with E-state index in [9.17, 15) is 27.3 Å². The Bertz CT molecular complexity index is 673. The van der Waals surface area contributed by atoms with Crippen LogP contribution in [0.4, 0.5) is 18.9 Å². The Morgan fingerprint density at radius 2 is 2.04 bits per heavy atom. The van der Waals surface area contributed by atoms with E-state index in [1.807, 2.05) is 0 Å². The summed E-state index contributed by atoms with van der Waals surface area (Å²) < 4.78 is 51.3. The number of carbonyl (C=O) groups is 1. The number of nitrogens with two attached hydrogens (primary N) is 1. The highest BCUT2D eigenvalue weighted by Gasteiger charge is 2.33. The minimum atomic E-state index is -2.23. The normalized spacial score (nSPS) is 19.3. The van der Waals surface area contributed by atoms with Crippen LogP contribution < -0.4 is 14.8 Å². The van der Waals surface area contributed by atoms with Gasteiger partial charge in [-0.1, -0.05) is 0 Å². The summed E-state index contributed by atoms with van der Waals surface area (Å²) in [5, 5.41) is 9.96. The lowest BCUT2D eigenvalue weighted by molar-refractivity contribution is -0.117. The van der Waals surface area contributed by atoms with Crippen LogP contribution in [0.2, 0.25) is 0 Å². The van der Waals surface area contributed by atoms with Gasteiger partial charge in [-0.3, -0.25) is 13.8 Å². The van der Waals surface area contributed by atoms with Crippen LogP contribution in [0.5, 0.6) is 5.75 Å². The number of phenols is 1. The Hall–Kier alpha value is -1.81. The van der Waals surface area contributed by atoms with Crippen LogP contribution >= 0.6 is 0 Å². The first kappa shape index (κ1) is 19.5. The van der Waals surface area contributed by atoms with Gasteiger partial charge < -0.3 is 10.8 Å². The molecule has 1 aromatic rings. The lowest BCUT2D eigenvalue weighted by Gasteiger charge is -2.22. The van der Waals surface area contributed by atoms with E-state index < -0.39 is 29.3 Å². The van der Waals surface area contributed by atoms with Crippen LogP contribution in [0.1, 0.15) is 30.4 Å². The second kappa shape index (κ2) is 8.52. The summed E-state index contributed by atoms with van der Waals surface area (Å²) in [6.45, 7) is -0.131. The zero-order chi connectivity index (χ0) is 18.6. The van der Waals surface area contributed by atoms with Crippen LogP contribution in [-0.4, -0.2) is 34.7 Å². The molecule has 1 amide bonds. The number of aryl methyl sites for hydroxylation is 1. The van der Waals surface area contributed by atoms with Crippen molar-refractivity contribution in [3.8, 4) is 5.75 Å². The van der Waals surface area contributed by atoms with Crippen molar-refractivity contribution in [2.24, 2.45) is 5.73 Å². The first-order chi connectivity index (χ1) is 11.8. The Balaban J connectivity index is 0.000000326. The van der Waals surface area contributed by atoms with E-state index in [1.54, 1.807) is 0 Å². The van der Waals surface area contributed by atoms with Crippen LogP contribution in [0, 0.1) is 5.82 Å².